The van der Waals surface area contributed by atoms with Gasteiger partial charge in [0.25, 0.3) is 0 Å². The fourth-order valence-corrected chi connectivity index (χ4v) is 4.91. The maximum absolute atomic E-state index is 13.7. The number of aryl methyl sites for hydroxylation is 3. The molecule has 37 heavy (non-hydrogen) atoms. The second kappa shape index (κ2) is 10.7. The molecule has 7 nitrogen and oxygen atoms in total. The van der Waals surface area contributed by atoms with Gasteiger partial charge in [-0.05, 0) is 97.8 Å². The van der Waals surface area contributed by atoms with Crippen molar-refractivity contribution in [1.82, 2.24) is 4.90 Å². The lowest BCUT2D eigenvalue weighted by Crippen LogP contribution is -2.41. The number of ether oxygens (including phenoxy) is 3. The van der Waals surface area contributed by atoms with E-state index in [1.54, 1.807) is 25.7 Å². The lowest BCUT2D eigenvalue weighted by atomic mass is 9.90. The van der Waals surface area contributed by atoms with Crippen LogP contribution in [0.4, 0.5) is 9.59 Å². The molecule has 0 radical (unpaired) electrons. The van der Waals surface area contributed by atoms with Crippen molar-refractivity contribution in [3.8, 4) is 0 Å². The van der Waals surface area contributed by atoms with Gasteiger partial charge in [-0.2, -0.15) is 0 Å². The third-order valence-electron chi connectivity index (χ3n) is 6.30. The predicted molar refractivity (Wildman–Crippen MR) is 143 cm³/mol. The zero-order chi connectivity index (χ0) is 27.7. The van der Waals surface area contributed by atoms with Crippen LogP contribution in [0.3, 0.4) is 0 Å². The van der Waals surface area contributed by atoms with Crippen LogP contribution in [-0.2, 0) is 19.0 Å². The third-order valence-corrected chi connectivity index (χ3v) is 6.30. The van der Waals surface area contributed by atoms with Gasteiger partial charge in [-0.15, -0.1) is 0 Å². The normalized spacial score (nSPS) is 18.5. The Bertz CT molecular complexity index is 1110. The predicted octanol–water partition coefficient (Wildman–Crippen LogP) is 6.82. The number of carbonyl (C=O) groups is 3. The van der Waals surface area contributed by atoms with E-state index in [2.05, 4.69) is 0 Å². The van der Waals surface area contributed by atoms with Gasteiger partial charge in [0, 0.05) is 25.1 Å². The van der Waals surface area contributed by atoms with Crippen LogP contribution in [0.2, 0.25) is 0 Å². The van der Waals surface area contributed by atoms with E-state index >= 15 is 0 Å². The molecule has 0 saturated carbocycles. The number of ketones is 1. The largest absolute Gasteiger partial charge is 0.514 e. The summed E-state index contributed by atoms with van der Waals surface area (Å²) in [5, 5.41) is 0. The van der Waals surface area contributed by atoms with E-state index in [0.29, 0.717) is 30.0 Å². The maximum atomic E-state index is 13.7. The van der Waals surface area contributed by atoms with Gasteiger partial charge < -0.3 is 19.1 Å². The Morgan fingerprint density at radius 2 is 1.46 bits per heavy atom. The first-order valence-electron chi connectivity index (χ1n) is 13.0. The summed E-state index contributed by atoms with van der Waals surface area (Å²) in [7, 11) is 0. The summed E-state index contributed by atoms with van der Waals surface area (Å²) in [5.74, 6) is 0.343. The highest BCUT2D eigenvalue weighted by atomic mass is 16.7. The first kappa shape index (κ1) is 28.5. The minimum atomic E-state index is -0.817. The average Bonchev–Trinajstić information content (AvgIpc) is 3.00. The number of nitrogens with zero attached hydrogens (tertiary/aromatic N) is 1. The summed E-state index contributed by atoms with van der Waals surface area (Å²) < 4.78 is 16.5. The number of allylic oxidation sites excluding steroid dienone is 3. The molecular formula is C30H41NO6. The second-order valence-electron chi connectivity index (χ2n) is 12.1. The third kappa shape index (κ3) is 7.46. The van der Waals surface area contributed by atoms with E-state index in [4.69, 9.17) is 14.2 Å². The number of benzene rings is 1. The van der Waals surface area contributed by atoms with Crippen molar-refractivity contribution in [3.63, 3.8) is 0 Å². The Balaban J connectivity index is 1.84. The maximum Gasteiger partial charge on any atom is 0.514 e. The average molecular weight is 512 g/mol. The molecule has 0 aromatic heterocycles. The van der Waals surface area contributed by atoms with Gasteiger partial charge in [0.1, 0.15) is 17.0 Å². The number of amides is 1. The van der Waals surface area contributed by atoms with Crippen molar-refractivity contribution in [3.05, 3.63) is 51.8 Å². The van der Waals surface area contributed by atoms with Crippen molar-refractivity contribution < 1.29 is 28.6 Å². The number of carbonyl (C=O) groups excluding carboxylic acids is 3. The zero-order valence-corrected chi connectivity index (χ0v) is 23.7. The fraction of sp³-hybridized carbons (Fsp3) is 0.567. The van der Waals surface area contributed by atoms with E-state index < -0.39 is 17.4 Å². The molecule has 0 N–H and O–H groups in total. The van der Waals surface area contributed by atoms with Crippen molar-refractivity contribution >= 4 is 23.6 Å². The van der Waals surface area contributed by atoms with E-state index in [-0.39, 0.29) is 24.2 Å². The minimum Gasteiger partial charge on any atom is -0.444 e. The molecule has 3 rings (SSSR count). The Hall–Kier alpha value is -3.09. The van der Waals surface area contributed by atoms with E-state index in [0.717, 1.165) is 35.1 Å². The lowest BCUT2D eigenvalue weighted by molar-refractivity contribution is -0.110. The number of Topliss-reactive ketones (excluding diaryl/α,β-unsaturated/α-hetero) is 1. The molecule has 0 spiro atoms. The van der Waals surface area contributed by atoms with Gasteiger partial charge >= 0.3 is 12.2 Å². The number of piperidine rings is 1. The highest BCUT2D eigenvalue weighted by Gasteiger charge is 2.35. The molecule has 7 heteroatoms. The molecule has 1 heterocycles. The standard InChI is InChI=1S/C30H41NO6/c1-18-14-19(2)24(20(3)15-18)25-23(35-28(34)37-30(7,8)9)17-22(26(25)32)16-21-10-12-31(13-11-21)27(33)36-29(4,5)6/h14-16,21H,10-13,17H2,1-9H3. The van der Waals surface area contributed by atoms with Crippen LogP contribution < -0.4 is 0 Å². The van der Waals surface area contributed by atoms with Crippen molar-refractivity contribution in [1.29, 1.82) is 0 Å². The highest BCUT2D eigenvalue weighted by molar-refractivity contribution is 6.32. The molecule has 1 aliphatic carbocycles. The highest BCUT2D eigenvalue weighted by Crippen LogP contribution is 2.40. The quantitative estimate of drug-likeness (QED) is 0.327. The Kier molecular flexibility index (Phi) is 8.25. The van der Waals surface area contributed by atoms with Crippen LogP contribution >= 0.6 is 0 Å². The van der Waals surface area contributed by atoms with Crippen LogP contribution in [0, 0.1) is 26.7 Å². The fourth-order valence-electron chi connectivity index (χ4n) is 4.91. The van der Waals surface area contributed by atoms with Crippen molar-refractivity contribution in [2.75, 3.05) is 13.1 Å². The minimum absolute atomic E-state index is 0.122. The second-order valence-corrected chi connectivity index (χ2v) is 12.1. The van der Waals surface area contributed by atoms with E-state index in [9.17, 15) is 14.4 Å². The van der Waals surface area contributed by atoms with Crippen molar-refractivity contribution in [2.45, 2.75) is 92.8 Å². The Labute approximate surface area is 220 Å². The Morgan fingerprint density at radius 1 is 0.919 bits per heavy atom. The van der Waals surface area contributed by atoms with Gasteiger partial charge in [-0.25, -0.2) is 9.59 Å². The van der Waals surface area contributed by atoms with Crippen LogP contribution in [0.1, 0.15) is 83.1 Å². The number of hydrogen-bond acceptors (Lipinski definition) is 6. The van der Waals surface area contributed by atoms with Crippen LogP contribution in [0.5, 0.6) is 0 Å². The molecule has 2 aliphatic rings. The first-order valence-corrected chi connectivity index (χ1v) is 13.0. The summed E-state index contributed by atoms with van der Waals surface area (Å²) in [6.45, 7) is 18.0. The molecule has 1 aromatic rings. The molecule has 202 valence electrons. The molecule has 1 saturated heterocycles. The molecule has 1 fully saturated rings. The van der Waals surface area contributed by atoms with Crippen LogP contribution in [-0.4, -0.2) is 47.2 Å². The monoisotopic (exact) mass is 511 g/mol. The van der Waals surface area contributed by atoms with Gasteiger partial charge in [0.05, 0.1) is 5.57 Å². The first-order chi connectivity index (χ1) is 17.0. The molecule has 1 aliphatic heterocycles. The summed E-state index contributed by atoms with van der Waals surface area (Å²) >= 11 is 0. The topological polar surface area (TPSA) is 82.1 Å². The smallest absolute Gasteiger partial charge is 0.444 e. The molecule has 0 unspecified atom stereocenters. The van der Waals surface area contributed by atoms with Crippen molar-refractivity contribution in [2.24, 2.45) is 5.92 Å². The number of likely N-dealkylation sites (tertiary alicyclic amines) is 1. The lowest BCUT2D eigenvalue weighted by Gasteiger charge is -2.32. The van der Waals surface area contributed by atoms with Gasteiger partial charge in [0.2, 0.25) is 0 Å². The molecule has 1 aromatic carbocycles. The van der Waals surface area contributed by atoms with Crippen LogP contribution in [0.25, 0.3) is 5.57 Å². The van der Waals surface area contributed by atoms with Gasteiger partial charge in [-0.1, -0.05) is 23.8 Å². The van der Waals surface area contributed by atoms with Gasteiger partial charge in [-0.3, -0.25) is 4.79 Å². The summed E-state index contributed by atoms with van der Waals surface area (Å²) in [4.78, 5) is 40.4. The number of rotatable bonds is 3. The van der Waals surface area contributed by atoms with E-state index in [1.165, 1.54) is 0 Å². The molecule has 0 bridgehead atoms. The van der Waals surface area contributed by atoms with E-state index in [1.807, 2.05) is 59.8 Å². The number of hydrogen-bond donors (Lipinski definition) is 0. The zero-order valence-electron chi connectivity index (χ0n) is 23.7. The summed E-state index contributed by atoms with van der Waals surface area (Å²) in [5.41, 5.74) is 3.62. The molecule has 1 amide bonds. The summed E-state index contributed by atoms with van der Waals surface area (Å²) in [6, 6.07) is 4.06. The van der Waals surface area contributed by atoms with Crippen LogP contribution in [0.15, 0.2) is 29.5 Å². The molecular weight excluding hydrogens is 470 g/mol. The molecule has 0 atom stereocenters. The SMILES string of the molecule is Cc1cc(C)c(C2=C(OC(=O)OC(C)(C)C)CC(=CC3CCN(C(=O)OC(C)(C)C)CC3)C2=O)c(C)c1. The van der Waals surface area contributed by atoms with Gasteiger partial charge in [0.15, 0.2) is 5.78 Å². The Morgan fingerprint density at radius 3 is 1.97 bits per heavy atom. The summed E-state index contributed by atoms with van der Waals surface area (Å²) in [6.07, 6.45) is 2.57.